The molecule has 4 rings (SSSR count). The summed E-state index contributed by atoms with van der Waals surface area (Å²) in [5, 5.41) is 44.7. The number of aliphatic hydroxyl groups is 1. The van der Waals surface area contributed by atoms with Gasteiger partial charge >= 0.3 is 0 Å². The first-order valence-electron chi connectivity index (χ1n) is 17.0. The van der Waals surface area contributed by atoms with Crippen LogP contribution in [0.2, 0.25) is 0 Å². The maximum Gasteiger partial charge on any atom is 0.196 e. The van der Waals surface area contributed by atoms with Gasteiger partial charge in [-0.1, -0.05) is 20.3 Å². The molecule has 0 spiro atoms. The monoisotopic (exact) mass is 955 g/mol. The van der Waals surface area contributed by atoms with E-state index in [0.717, 1.165) is 37.4 Å². The van der Waals surface area contributed by atoms with Gasteiger partial charge in [-0.2, -0.15) is 0 Å². The quantitative estimate of drug-likeness (QED) is 0.0575. The molecule has 0 heterocycles. The number of benzene rings is 4. The standard InChI is InChI=1S/C12H18O3.C10H14O2.C9H12O3.C9H12O2S.Ac/c1-3-4-9-14-10(2)15-12-7-5-11(13)6-8-12;1-3-8(2)12-10-6-4-9(11)5-7-10;1-7(6-10)12-9-4-2-8(11)3-5-9;1-7(12-2)11-9-5-3-8(10)4-6-9;/h5-8,10,13H,3-4,9H2,1-2H3;4-8,11H,3H2,1-2H3;2-5,7,10-11H,6H2,1H3;3-7,10H,1-2H3;. The SMILES string of the molecule is CC(CO)Oc1ccc(O)cc1.CCC(C)Oc1ccc(O)cc1.CCCCOC(C)Oc1ccc(O)cc1.CSC(C)Oc1ccc(O)cc1.[Ac]. The minimum Gasteiger partial charge on any atom is -0.508 e. The van der Waals surface area contributed by atoms with E-state index in [-0.39, 0.29) is 97.6 Å². The zero-order chi connectivity index (χ0) is 38.0. The third-order valence-electron chi connectivity index (χ3n) is 6.64. The van der Waals surface area contributed by atoms with Gasteiger partial charge in [0.1, 0.15) is 57.5 Å². The Labute approximate surface area is 349 Å². The zero-order valence-electron chi connectivity index (χ0n) is 31.3. The first kappa shape index (κ1) is 49.0. The molecule has 0 saturated carbocycles. The van der Waals surface area contributed by atoms with Crippen LogP contribution in [0.4, 0.5) is 0 Å². The van der Waals surface area contributed by atoms with Crippen molar-refractivity contribution in [1.29, 1.82) is 0 Å². The van der Waals surface area contributed by atoms with Crippen molar-refractivity contribution in [2.24, 2.45) is 0 Å². The van der Waals surface area contributed by atoms with Crippen molar-refractivity contribution >= 4 is 11.8 Å². The van der Waals surface area contributed by atoms with Gasteiger partial charge in [-0.05, 0) is 144 Å². The summed E-state index contributed by atoms with van der Waals surface area (Å²) in [4.78, 5) is 0. The molecule has 4 unspecified atom stereocenters. The van der Waals surface area contributed by atoms with Crippen molar-refractivity contribution in [3.63, 3.8) is 0 Å². The predicted molar refractivity (Wildman–Crippen MR) is 205 cm³/mol. The number of unbranched alkanes of at least 4 members (excludes halogenated alkanes) is 1. The van der Waals surface area contributed by atoms with Gasteiger partial charge in [-0.15, -0.1) is 11.8 Å². The summed E-state index contributed by atoms with van der Waals surface area (Å²) in [5.74, 6) is 3.93. The van der Waals surface area contributed by atoms with Crippen LogP contribution in [0.1, 0.15) is 60.8 Å². The summed E-state index contributed by atoms with van der Waals surface area (Å²) in [6.07, 6.45) is 4.91. The van der Waals surface area contributed by atoms with Crippen molar-refractivity contribution in [2.45, 2.75) is 84.7 Å². The molecule has 52 heavy (non-hydrogen) atoms. The van der Waals surface area contributed by atoms with E-state index in [2.05, 4.69) is 13.8 Å². The van der Waals surface area contributed by atoms with Crippen LogP contribution in [0.3, 0.4) is 0 Å². The van der Waals surface area contributed by atoms with Crippen LogP contribution in [0.15, 0.2) is 97.1 Å². The summed E-state index contributed by atoms with van der Waals surface area (Å²) in [7, 11) is 0. The van der Waals surface area contributed by atoms with Crippen LogP contribution in [0.25, 0.3) is 0 Å². The van der Waals surface area contributed by atoms with E-state index in [4.69, 9.17) is 49.2 Å². The summed E-state index contributed by atoms with van der Waals surface area (Å²) in [6, 6.07) is 26.5. The largest absolute Gasteiger partial charge is 0.508 e. The van der Waals surface area contributed by atoms with Gasteiger partial charge < -0.3 is 49.2 Å². The van der Waals surface area contributed by atoms with Crippen molar-refractivity contribution in [1.82, 2.24) is 0 Å². The molecule has 12 heteroatoms. The molecule has 0 saturated heterocycles. The Morgan fingerprint density at radius 1 is 0.538 bits per heavy atom. The number of ether oxygens (including phenoxy) is 5. The van der Waals surface area contributed by atoms with Gasteiger partial charge in [0.2, 0.25) is 0 Å². The maximum atomic E-state index is 9.08. The Kier molecular flexibility index (Phi) is 27.7. The van der Waals surface area contributed by atoms with Gasteiger partial charge in [-0.3, -0.25) is 0 Å². The molecule has 0 aliphatic rings. The average molecular weight is 956 g/mol. The zero-order valence-corrected chi connectivity index (χ0v) is 36.9. The van der Waals surface area contributed by atoms with Crippen LogP contribution >= 0.6 is 11.8 Å². The molecule has 1 radical (unpaired) electrons. The number of phenols is 4. The van der Waals surface area contributed by atoms with E-state index in [1.165, 1.54) is 0 Å². The van der Waals surface area contributed by atoms with Crippen LogP contribution in [-0.2, 0) is 4.74 Å². The Bertz CT molecular complexity index is 1280. The van der Waals surface area contributed by atoms with Crippen molar-refractivity contribution in [3.8, 4) is 46.0 Å². The fourth-order valence-corrected chi connectivity index (χ4v) is 3.75. The molecular formula is C40H56AcO10S. The van der Waals surface area contributed by atoms with Gasteiger partial charge in [0.05, 0.1) is 19.3 Å². The van der Waals surface area contributed by atoms with Crippen molar-refractivity contribution < 1.29 is 93.3 Å². The first-order valence-corrected chi connectivity index (χ1v) is 18.3. The number of hydrogen-bond donors (Lipinski definition) is 5. The van der Waals surface area contributed by atoms with E-state index in [9.17, 15) is 0 Å². The van der Waals surface area contributed by atoms with Crippen LogP contribution < -0.4 is 18.9 Å². The molecular weight excluding hydrogens is 899 g/mol. The van der Waals surface area contributed by atoms with E-state index >= 15 is 0 Å². The van der Waals surface area contributed by atoms with Crippen molar-refractivity contribution in [3.05, 3.63) is 97.1 Å². The fraction of sp³-hybridized carbons (Fsp3) is 0.400. The molecule has 4 aromatic carbocycles. The van der Waals surface area contributed by atoms with Gasteiger partial charge in [-0.25, -0.2) is 0 Å². The second-order valence-corrected chi connectivity index (χ2v) is 12.4. The minimum absolute atomic E-state index is 0. The third-order valence-corrected chi connectivity index (χ3v) is 7.40. The van der Waals surface area contributed by atoms with Crippen LogP contribution in [0.5, 0.6) is 46.0 Å². The van der Waals surface area contributed by atoms with E-state index in [1.807, 2.05) is 27.0 Å². The number of aliphatic hydroxyl groups excluding tert-OH is 1. The number of thioether (sulfide) groups is 1. The molecule has 10 nitrogen and oxygen atoms in total. The third kappa shape index (κ3) is 24.3. The molecule has 0 fully saturated rings. The molecule has 0 bridgehead atoms. The number of hydrogen-bond acceptors (Lipinski definition) is 11. The van der Waals surface area contributed by atoms with Crippen LogP contribution in [0, 0.1) is 44.1 Å². The average Bonchev–Trinajstić information content (AvgIpc) is 3.13. The normalized spacial score (nSPS) is 12.2. The van der Waals surface area contributed by atoms with E-state index < -0.39 is 0 Å². The number of rotatable bonds is 15. The second kappa shape index (κ2) is 29.4. The topological polar surface area (TPSA) is 147 Å². The molecule has 0 amide bonds. The van der Waals surface area contributed by atoms with Crippen molar-refractivity contribution in [2.75, 3.05) is 19.5 Å². The molecule has 4 atom stereocenters. The Balaban J connectivity index is 0.000000666. The predicted octanol–water partition coefficient (Wildman–Crippen LogP) is 9.14. The molecule has 4 aromatic rings. The summed E-state index contributed by atoms with van der Waals surface area (Å²) in [6.45, 7) is 12.5. The smallest absolute Gasteiger partial charge is 0.196 e. The summed E-state index contributed by atoms with van der Waals surface area (Å²) >= 11 is 1.64. The molecule has 285 valence electrons. The Morgan fingerprint density at radius 2 is 0.885 bits per heavy atom. The fourth-order valence-electron chi connectivity index (χ4n) is 3.54. The minimum atomic E-state index is -0.249. The Morgan fingerprint density at radius 3 is 1.21 bits per heavy atom. The van der Waals surface area contributed by atoms with E-state index in [0.29, 0.717) is 11.5 Å². The summed E-state index contributed by atoms with van der Waals surface area (Å²) in [5.41, 5.74) is 0.148. The van der Waals surface area contributed by atoms with Gasteiger partial charge in [0.25, 0.3) is 0 Å². The molecule has 0 aliphatic carbocycles. The van der Waals surface area contributed by atoms with Crippen LogP contribution in [-0.4, -0.2) is 68.9 Å². The first-order chi connectivity index (χ1) is 24.4. The molecule has 5 N–H and O–H groups in total. The van der Waals surface area contributed by atoms with Gasteiger partial charge in [0, 0.05) is 44.1 Å². The molecule has 0 aliphatic heterocycles. The number of phenolic OH excluding ortho intramolecular Hbond substituents is 4. The maximum absolute atomic E-state index is 9.08. The van der Waals surface area contributed by atoms with E-state index in [1.54, 1.807) is 116 Å². The number of aromatic hydroxyl groups is 4. The molecule has 0 aromatic heterocycles. The van der Waals surface area contributed by atoms with Gasteiger partial charge in [0.15, 0.2) is 6.29 Å². The Hall–Kier alpha value is -3.01. The second-order valence-electron chi connectivity index (χ2n) is 11.3. The summed E-state index contributed by atoms with van der Waals surface area (Å²) < 4.78 is 27.1.